The molecule has 110 valence electrons. The predicted molar refractivity (Wildman–Crippen MR) is 65.6 cm³/mol. The van der Waals surface area contributed by atoms with Gasteiger partial charge in [-0.05, 0) is 6.42 Å². The molecular weight excluding hydrogens is 327 g/mol. The molecule has 0 amide bonds. The van der Waals surface area contributed by atoms with Gasteiger partial charge in [-0.1, -0.05) is 13.3 Å². The van der Waals surface area contributed by atoms with Gasteiger partial charge in [-0.15, -0.1) is 0 Å². The van der Waals surface area contributed by atoms with E-state index in [0.717, 1.165) is 6.42 Å². The molecule has 0 radical (unpaired) electrons. The topological polar surface area (TPSA) is 55.5 Å². The number of unbranched alkanes of at least 4 members (excludes halogenated alkanes) is 1. The van der Waals surface area contributed by atoms with Gasteiger partial charge in [0.05, 0.1) is 13.0 Å². The van der Waals surface area contributed by atoms with Crippen molar-refractivity contribution in [3.8, 4) is 0 Å². The first-order valence-corrected chi connectivity index (χ1v) is 8.47. The second-order valence-electron chi connectivity index (χ2n) is 3.46. The first-order chi connectivity index (χ1) is 8.87. The maximum atomic E-state index is 13.3. The van der Waals surface area contributed by atoms with Crippen molar-refractivity contribution >= 4 is 24.7 Å². The van der Waals surface area contributed by atoms with Crippen LogP contribution in [0.1, 0.15) is 26.2 Å². The smallest absolute Gasteiger partial charge is 0.306 e. The van der Waals surface area contributed by atoms with Gasteiger partial charge < -0.3 is 4.52 Å². The number of rotatable bonds is 7. The van der Waals surface area contributed by atoms with Crippen LogP contribution < -0.4 is 0 Å². The van der Waals surface area contributed by atoms with E-state index in [1.807, 2.05) is 6.92 Å². The predicted octanol–water partition coefficient (Wildman–Crippen LogP) is 6.12. The number of halogens is 4. The van der Waals surface area contributed by atoms with Gasteiger partial charge in [0, 0.05) is 0 Å². The molecule has 19 heavy (non-hydrogen) atoms. The van der Waals surface area contributed by atoms with Gasteiger partial charge in [0.15, 0.2) is 17.0 Å². The summed E-state index contributed by atoms with van der Waals surface area (Å²) in [6, 6.07) is 0. The van der Waals surface area contributed by atoms with E-state index in [1.165, 1.54) is 0 Å². The van der Waals surface area contributed by atoms with Crippen LogP contribution in [0, 0.1) is 0 Å². The van der Waals surface area contributed by atoms with Gasteiger partial charge in [-0.2, -0.15) is 26.7 Å². The van der Waals surface area contributed by atoms with E-state index in [0.29, 0.717) is 6.42 Å². The highest BCUT2D eigenvalue weighted by molar-refractivity contribution is 7.65. The lowest BCUT2D eigenvalue weighted by atomic mass is 10.4. The Morgan fingerprint density at radius 1 is 1.32 bits per heavy atom. The normalized spacial score (nSPS) is 25.9. The molecule has 1 aliphatic heterocycles. The molecule has 0 aromatic rings. The molecule has 1 heterocycles. The van der Waals surface area contributed by atoms with E-state index < -0.39 is 26.6 Å². The van der Waals surface area contributed by atoms with Crippen molar-refractivity contribution in [2.24, 2.45) is 13.5 Å². The summed E-state index contributed by atoms with van der Waals surface area (Å²) < 4.78 is 70.7. The van der Waals surface area contributed by atoms with E-state index >= 15 is 0 Å². The van der Waals surface area contributed by atoms with Gasteiger partial charge in [-0.25, -0.2) is 4.39 Å². The Kier molecular flexibility index (Phi) is 6.98. The number of hydrogen-bond acceptors (Lipinski definition) is 5. The molecule has 1 rings (SSSR count). The minimum atomic E-state index is -4.65. The maximum absolute atomic E-state index is 13.3. The van der Waals surface area contributed by atoms with E-state index in [1.54, 1.807) is 0 Å². The van der Waals surface area contributed by atoms with Gasteiger partial charge in [0.2, 0.25) is 6.36 Å². The first-order valence-electron chi connectivity index (χ1n) is 5.34. The van der Waals surface area contributed by atoms with Crippen LogP contribution in [0.5, 0.6) is 0 Å². The molecule has 0 aromatic heterocycles. The van der Waals surface area contributed by atoms with Gasteiger partial charge in [0.1, 0.15) is 0 Å². The maximum Gasteiger partial charge on any atom is 0.394 e. The summed E-state index contributed by atoms with van der Waals surface area (Å²) in [5, 5.41) is 0. The Bertz CT molecular complexity index is 402. The number of hydrogen-bond donors (Lipinski definition) is 0. The number of nitrogens with zero attached hydrogens (tertiary/aromatic N) is 3. The van der Waals surface area contributed by atoms with Crippen molar-refractivity contribution in [2.45, 2.75) is 38.7 Å². The molecule has 0 aromatic carbocycles. The summed E-state index contributed by atoms with van der Waals surface area (Å²) in [6.45, 7) is 2.12. The zero-order valence-electron chi connectivity index (χ0n) is 9.92. The summed E-state index contributed by atoms with van der Waals surface area (Å²) in [5.41, 5.74) is 0. The number of alkyl halides is 4. The monoisotopic (exact) mass is 339 g/mol. The highest BCUT2D eigenvalue weighted by Gasteiger charge is 2.37. The molecule has 0 aliphatic carbocycles. The molecule has 0 saturated carbocycles. The molecule has 0 N–H and O–H groups in total. The second kappa shape index (κ2) is 7.75. The summed E-state index contributed by atoms with van der Waals surface area (Å²) >= 11 is 0. The molecule has 0 saturated heterocycles. The van der Waals surface area contributed by atoms with Gasteiger partial charge in [-0.3, -0.25) is 4.52 Å². The van der Waals surface area contributed by atoms with Crippen molar-refractivity contribution < 1.29 is 26.6 Å². The zero-order chi connectivity index (χ0) is 14.4. The highest BCUT2D eigenvalue weighted by Crippen LogP contribution is 2.61. The van der Waals surface area contributed by atoms with Gasteiger partial charge >= 0.3 is 13.8 Å². The second-order valence-corrected chi connectivity index (χ2v) is 7.41. The van der Waals surface area contributed by atoms with Crippen LogP contribution in [0.3, 0.4) is 0 Å². The standard InChI is InChI=1S/C7H12F4N3O2P3/c1-2-3-4-15-19(13-17-12-18-14-19)16-6(8)5-7(9,10)11/h6H,2-5H2,1H3. The lowest BCUT2D eigenvalue weighted by Gasteiger charge is -2.21. The third-order valence-corrected chi connectivity index (χ3v) is 5.90. The fraction of sp³-hybridized carbons (Fsp3) is 1.00. The van der Waals surface area contributed by atoms with E-state index in [9.17, 15) is 17.6 Å². The first kappa shape index (κ1) is 17.1. The van der Waals surface area contributed by atoms with E-state index in [4.69, 9.17) is 9.05 Å². The molecule has 2 unspecified atom stereocenters. The summed E-state index contributed by atoms with van der Waals surface area (Å²) in [7, 11) is -2.84. The molecule has 5 nitrogen and oxygen atoms in total. The SMILES string of the molecule is CCCCOP1(OC(F)CC(F)(F)F)=NP=NP=N1. The Hall–Kier alpha value is 0.0700. The molecule has 0 bridgehead atoms. The van der Waals surface area contributed by atoms with E-state index in [2.05, 4.69) is 13.5 Å². The molecule has 1 aliphatic rings. The highest BCUT2D eigenvalue weighted by atomic mass is 31.2. The van der Waals surface area contributed by atoms with Crippen LogP contribution in [0.15, 0.2) is 13.5 Å². The zero-order valence-corrected chi connectivity index (χ0v) is 12.6. The van der Waals surface area contributed by atoms with Crippen LogP contribution in [-0.4, -0.2) is 19.1 Å². The van der Waals surface area contributed by atoms with Crippen LogP contribution in [-0.2, 0) is 9.05 Å². The molecule has 2 atom stereocenters. The minimum absolute atomic E-state index is 0.209. The van der Waals surface area contributed by atoms with Crippen molar-refractivity contribution in [3.05, 3.63) is 0 Å². The summed E-state index contributed by atoms with van der Waals surface area (Å²) in [6.07, 6.45) is -7.41. The third kappa shape index (κ3) is 6.87. The average molecular weight is 339 g/mol. The average Bonchev–Trinajstić information content (AvgIpc) is 2.27. The lowest BCUT2D eigenvalue weighted by Crippen LogP contribution is -2.18. The van der Waals surface area contributed by atoms with Crippen molar-refractivity contribution in [2.75, 3.05) is 6.61 Å². The molecule has 0 fully saturated rings. The Balaban J connectivity index is 2.68. The molecular formula is C7H12F4N3O2P3. The third-order valence-electron chi connectivity index (χ3n) is 1.79. The summed E-state index contributed by atoms with van der Waals surface area (Å²) in [5.74, 6) is 0. The van der Waals surface area contributed by atoms with Gasteiger partial charge in [0.25, 0.3) is 0 Å². The minimum Gasteiger partial charge on any atom is -0.306 e. The van der Waals surface area contributed by atoms with Crippen LogP contribution >= 0.6 is 24.7 Å². The van der Waals surface area contributed by atoms with Crippen molar-refractivity contribution in [1.82, 2.24) is 0 Å². The molecule has 0 spiro atoms. The van der Waals surface area contributed by atoms with Crippen molar-refractivity contribution in [3.63, 3.8) is 0 Å². The Labute approximate surface area is 111 Å². The Morgan fingerprint density at radius 2 is 2.05 bits per heavy atom. The molecule has 12 heteroatoms. The van der Waals surface area contributed by atoms with Crippen LogP contribution in [0.2, 0.25) is 0 Å². The Morgan fingerprint density at radius 3 is 2.58 bits per heavy atom. The quantitative estimate of drug-likeness (QED) is 0.319. The van der Waals surface area contributed by atoms with E-state index in [-0.39, 0.29) is 23.7 Å². The fourth-order valence-corrected chi connectivity index (χ4v) is 4.89. The van der Waals surface area contributed by atoms with Crippen LogP contribution in [0.4, 0.5) is 17.6 Å². The largest absolute Gasteiger partial charge is 0.394 e. The fourth-order valence-electron chi connectivity index (χ4n) is 0.993. The summed E-state index contributed by atoms with van der Waals surface area (Å²) in [4.78, 5) is 0. The van der Waals surface area contributed by atoms with Crippen molar-refractivity contribution in [1.29, 1.82) is 0 Å². The lowest BCUT2D eigenvalue weighted by molar-refractivity contribution is -0.166. The van der Waals surface area contributed by atoms with Crippen LogP contribution in [0.25, 0.3) is 0 Å².